The predicted molar refractivity (Wildman–Crippen MR) is 100 cm³/mol. The highest BCUT2D eigenvalue weighted by molar-refractivity contribution is 6.51. The van der Waals surface area contributed by atoms with Gasteiger partial charge in [-0.25, -0.2) is 0 Å². The van der Waals surface area contributed by atoms with E-state index >= 15 is 0 Å². The summed E-state index contributed by atoms with van der Waals surface area (Å²) in [6.45, 7) is 6.40. The van der Waals surface area contributed by atoms with Crippen LogP contribution in [0, 0.1) is 17.8 Å². The lowest BCUT2D eigenvalue weighted by Gasteiger charge is -2.32. The van der Waals surface area contributed by atoms with Crippen LogP contribution < -0.4 is 4.90 Å². The molecule has 1 aliphatic carbocycles. The average Bonchev–Trinajstić information content (AvgIpc) is 2.90. The normalized spacial score (nSPS) is 26.0. The van der Waals surface area contributed by atoms with Crippen LogP contribution in [-0.2, 0) is 14.0 Å². The third-order valence-electron chi connectivity index (χ3n) is 5.35. The Morgan fingerprint density at radius 1 is 1.08 bits per heavy atom. The van der Waals surface area contributed by atoms with Crippen molar-refractivity contribution in [2.75, 3.05) is 4.90 Å². The number of imide groups is 1. The zero-order valence-electron chi connectivity index (χ0n) is 15.2. The van der Waals surface area contributed by atoms with Gasteiger partial charge in [0.2, 0.25) is 11.8 Å². The summed E-state index contributed by atoms with van der Waals surface area (Å²) in [5, 5.41) is 0. The first-order valence-electron chi connectivity index (χ1n) is 9.27. The summed E-state index contributed by atoms with van der Waals surface area (Å²) in [7, 11) is -0.867. The van der Waals surface area contributed by atoms with Crippen LogP contribution in [0.25, 0.3) is 0 Å². The Hall–Kier alpha value is -1.88. The van der Waals surface area contributed by atoms with E-state index in [1.54, 1.807) is 0 Å². The molecule has 0 N–H and O–H groups in total. The third kappa shape index (κ3) is 3.17. The quantitative estimate of drug-likeness (QED) is 0.568. The highest BCUT2D eigenvalue weighted by Crippen LogP contribution is 2.45. The molecule has 25 heavy (non-hydrogen) atoms. The number of nitrogens with zero attached hydrogens (tertiary/aromatic N) is 1. The maximum atomic E-state index is 13.1. The maximum Gasteiger partial charge on any atom is 0.279 e. The lowest BCUT2D eigenvalue weighted by Crippen LogP contribution is -2.34. The molecular formula is C20H26NO3Si. The van der Waals surface area contributed by atoms with E-state index in [0.29, 0.717) is 12.1 Å². The molecule has 1 aliphatic heterocycles. The maximum absolute atomic E-state index is 13.1. The van der Waals surface area contributed by atoms with Crippen molar-refractivity contribution >= 4 is 26.5 Å². The smallest absolute Gasteiger partial charge is 0.279 e. The van der Waals surface area contributed by atoms with Crippen LogP contribution in [0.15, 0.2) is 42.2 Å². The molecule has 1 saturated heterocycles. The molecule has 0 aromatic heterocycles. The Labute approximate surface area is 151 Å². The fourth-order valence-electron chi connectivity index (χ4n) is 3.99. The van der Waals surface area contributed by atoms with Gasteiger partial charge in [0.1, 0.15) is 0 Å². The van der Waals surface area contributed by atoms with Crippen molar-refractivity contribution in [3.63, 3.8) is 0 Å². The minimum Gasteiger partial charge on any atom is -0.545 e. The number of anilines is 1. The molecular weight excluding hydrogens is 330 g/mol. The van der Waals surface area contributed by atoms with Crippen LogP contribution in [0.4, 0.5) is 5.69 Å². The van der Waals surface area contributed by atoms with E-state index in [4.69, 9.17) is 4.43 Å². The van der Waals surface area contributed by atoms with Crippen LogP contribution in [0.1, 0.15) is 33.6 Å². The number of carbonyl (C=O) groups is 2. The zero-order chi connectivity index (χ0) is 18.0. The number of hydrogen-bond donors (Lipinski definition) is 0. The molecule has 1 radical (unpaired) electrons. The van der Waals surface area contributed by atoms with Gasteiger partial charge in [0, 0.05) is 5.92 Å². The van der Waals surface area contributed by atoms with Crippen molar-refractivity contribution in [1.82, 2.24) is 0 Å². The SMILES string of the molecule is CCC1C(O[Si](CC)CC)=CCC2C(=O)N(c3ccccc3)C(=O)C21. The number of hydrogen-bond acceptors (Lipinski definition) is 3. The molecule has 0 spiro atoms. The Morgan fingerprint density at radius 2 is 1.76 bits per heavy atom. The van der Waals surface area contributed by atoms with Gasteiger partial charge in [-0.1, -0.05) is 39.0 Å². The minimum absolute atomic E-state index is 0.0158. The van der Waals surface area contributed by atoms with E-state index in [0.717, 1.165) is 24.3 Å². The minimum atomic E-state index is -0.867. The molecule has 0 bridgehead atoms. The highest BCUT2D eigenvalue weighted by Gasteiger charge is 2.53. The van der Waals surface area contributed by atoms with Crippen molar-refractivity contribution in [2.24, 2.45) is 17.8 Å². The Morgan fingerprint density at radius 3 is 2.36 bits per heavy atom. The van der Waals surface area contributed by atoms with Gasteiger partial charge >= 0.3 is 0 Å². The summed E-state index contributed by atoms with van der Waals surface area (Å²) in [6, 6.07) is 11.4. The summed E-state index contributed by atoms with van der Waals surface area (Å²) in [6.07, 6.45) is 3.50. The Bertz CT molecular complexity index is 669. The second-order valence-electron chi connectivity index (χ2n) is 6.68. The molecule has 1 heterocycles. The van der Waals surface area contributed by atoms with Crippen molar-refractivity contribution in [1.29, 1.82) is 0 Å². The van der Waals surface area contributed by atoms with Gasteiger partial charge in [0.25, 0.3) is 9.04 Å². The van der Waals surface area contributed by atoms with Crippen LogP contribution in [-0.4, -0.2) is 20.9 Å². The molecule has 3 rings (SSSR count). The first kappa shape index (κ1) is 17.9. The fourth-order valence-corrected chi connectivity index (χ4v) is 5.34. The number of benzene rings is 1. The molecule has 4 nitrogen and oxygen atoms in total. The zero-order valence-corrected chi connectivity index (χ0v) is 16.2. The molecule has 3 atom stereocenters. The van der Waals surface area contributed by atoms with Crippen molar-refractivity contribution in [3.05, 3.63) is 42.2 Å². The summed E-state index contributed by atoms with van der Waals surface area (Å²) >= 11 is 0. The molecule has 0 saturated carbocycles. The topological polar surface area (TPSA) is 46.6 Å². The third-order valence-corrected chi connectivity index (χ3v) is 7.46. The highest BCUT2D eigenvalue weighted by atomic mass is 28.3. The average molecular weight is 357 g/mol. The second kappa shape index (κ2) is 7.56. The fraction of sp³-hybridized carbons (Fsp3) is 0.500. The van der Waals surface area contributed by atoms with E-state index in [-0.39, 0.29) is 29.6 Å². The van der Waals surface area contributed by atoms with Gasteiger partial charge in [-0.15, -0.1) is 0 Å². The largest absolute Gasteiger partial charge is 0.545 e. The van der Waals surface area contributed by atoms with Gasteiger partial charge in [-0.2, -0.15) is 0 Å². The van der Waals surface area contributed by atoms with E-state index < -0.39 is 9.04 Å². The molecule has 1 aromatic rings. The van der Waals surface area contributed by atoms with Crippen molar-refractivity contribution in [2.45, 2.75) is 45.7 Å². The van der Waals surface area contributed by atoms with Crippen molar-refractivity contribution < 1.29 is 14.0 Å². The molecule has 1 aromatic carbocycles. The number of rotatable bonds is 6. The number of carbonyl (C=O) groups excluding carboxylic acids is 2. The lowest BCUT2D eigenvalue weighted by molar-refractivity contribution is -0.123. The van der Waals surface area contributed by atoms with E-state index in [2.05, 4.69) is 26.8 Å². The van der Waals surface area contributed by atoms with Gasteiger partial charge < -0.3 is 4.43 Å². The molecule has 3 unspecified atom stereocenters. The number of allylic oxidation sites excluding steroid dienone is 2. The second-order valence-corrected chi connectivity index (χ2v) is 9.38. The molecule has 133 valence electrons. The van der Waals surface area contributed by atoms with Crippen LogP contribution >= 0.6 is 0 Å². The van der Waals surface area contributed by atoms with Crippen LogP contribution in [0.5, 0.6) is 0 Å². The predicted octanol–water partition coefficient (Wildman–Crippen LogP) is 4.15. The standard InChI is InChI=1S/C20H26NO3Si/c1-4-15-17(24-25(5-2)6-3)13-12-16-18(15)20(23)21(19(16)22)14-10-8-7-9-11-14/h7-11,13,15-16,18H,4-6,12H2,1-3H3. The van der Waals surface area contributed by atoms with Crippen LogP contribution in [0.3, 0.4) is 0 Å². The van der Waals surface area contributed by atoms with Gasteiger partial charge in [-0.05, 0) is 43.1 Å². The molecule has 5 heteroatoms. The number of fused-ring (bicyclic) bond motifs is 1. The Balaban J connectivity index is 1.88. The summed E-state index contributed by atoms with van der Waals surface area (Å²) in [5.41, 5.74) is 0.677. The first-order valence-corrected chi connectivity index (χ1v) is 11.1. The van der Waals surface area contributed by atoms with Gasteiger partial charge in [0.15, 0.2) is 0 Å². The lowest BCUT2D eigenvalue weighted by atomic mass is 9.75. The number of amides is 2. The molecule has 2 aliphatic rings. The molecule has 1 fully saturated rings. The molecule has 2 amide bonds. The van der Waals surface area contributed by atoms with E-state index in [1.165, 1.54) is 4.90 Å². The summed E-state index contributed by atoms with van der Waals surface area (Å²) < 4.78 is 6.31. The van der Waals surface area contributed by atoms with E-state index in [9.17, 15) is 9.59 Å². The number of para-hydroxylation sites is 1. The summed E-state index contributed by atoms with van der Waals surface area (Å²) in [4.78, 5) is 27.4. The first-order chi connectivity index (χ1) is 12.1. The van der Waals surface area contributed by atoms with Crippen molar-refractivity contribution in [3.8, 4) is 0 Å². The van der Waals surface area contributed by atoms with Crippen LogP contribution in [0.2, 0.25) is 12.1 Å². The monoisotopic (exact) mass is 356 g/mol. The van der Waals surface area contributed by atoms with E-state index in [1.807, 2.05) is 30.3 Å². The Kier molecular flexibility index (Phi) is 5.42. The van der Waals surface area contributed by atoms with Gasteiger partial charge in [-0.3, -0.25) is 14.5 Å². The summed E-state index contributed by atoms with van der Waals surface area (Å²) in [5.74, 6) is 0.313. The van der Waals surface area contributed by atoms with Gasteiger partial charge in [0.05, 0.1) is 23.3 Å².